The van der Waals surface area contributed by atoms with Gasteiger partial charge in [-0.25, -0.2) is 0 Å². The fourth-order valence-electron chi connectivity index (χ4n) is 2.55. The molecule has 0 heterocycles. The molecule has 0 unspecified atom stereocenters. The van der Waals surface area contributed by atoms with Crippen LogP contribution in [0.5, 0.6) is 17.2 Å². The van der Waals surface area contributed by atoms with E-state index in [2.05, 4.69) is 15.6 Å². The van der Waals surface area contributed by atoms with Crippen LogP contribution in [0, 0.1) is 0 Å². The lowest BCUT2D eigenvalue weighted by atomic mass is 10.2. The smallest absolute Gasteiger partial charge is 0.195 e. The van der Waals surface area contributed by atoms with Crippen LogP contribution in [0.1, 0.15) is 12.0 Å². The first-order valence-electron chi connectivity index (χ1n) is 9.10. The van der Waals surface area contributed by atoms with Crippen LogP contribution in [0.25, 0.3) is 0 Å². The summed E-state index contributed by atoms with van der Waals surface area (Å²) in [5.74, 6) is 2.86. The average molecular weight is 387 g/mol. The van der Waals surface area contributed by atoms with Crippen LogP contribution < -0.4 is 24.8 Å². The zero-order valence-electron chi connectivity index (χ0n) is 17.0. The number of hydrogen-bond donors (Lipinski definition) is 2. The van der Waals surface area contributed by atoms with Crippen molar-refractivity contribution in [3.8, 4) is 17.2 Å². The third-order valence-corrected chi connectivity index (χ3v) is 3.99. The van der Waals surface area contributed by atoms with Crippen molar-refractivity contribution < 1.29 is 18.9 Å². The van der Waals surface area contributed by atoms with Crippen LogP contribution in [0.4, 0.5) is 5.69 Å². The molecular formula is C21H29N3O4. The standard InChI is InChI=1S/C21H29N3O4/c1-22-21(23-15-16-9-10-19(26-3)20(13-16)27-4)24-17-7-5-8-18(14-17)28-12-6-11-25-2/h5,7-10,13-14H,6,11-12,15H2,1-4H3,(H2,22,23,24). The lowest BCUT2D eigenvalue weighted by Crippen LogP contribution is -2.30. The number of benzene rings is 2. The van der Waals surface area contributed by atoms with Gasteiger partial charge in [0.25, 0.3) is 0 Å². The molecular weight excluding hydrogens is 358 g/mol. The first kappa shape index (κ1) is 21.4. The minimum absolute atomic E-state index is 0.591. The average Bonchev–Trinajstić information content (AvgIpc) is 2.74. The Bertz CT molecular complexity index is 765. The van der Waals surface area contributed by atoms with Crippen LogP contribution in [0.3, 0.4) is 0 Å². The van der Waals surface area contributed by atoms with Gasteiger partial charge < -0.3 is 29.6 Å². The van der Waals surface area contributed by atoms with Gasteiger partial charge in [0.05, 0.1) is 20.8 Å². The predicted molar refractivity (Wildman–Crippen MR) is 112 cm³/mol. The van der Waals surface area contributed by atoms with Gasteiger partial charge in [0.15, 0.2) is 17.5 Å². The summed E-state index contributed by atoms with van der Waals surface area (Å²) in [5, 5.41) is 6.56. The van der Waals surface area contributed by atoms with Crippen LogP contribution >= 0.6 is 0 Å². The molecule has 0 fully saturated rings. The monoisotopic (exact) mass is 387 g/mol. The highest BCUT2D eigenvalue weighted by atomic mass is 16.5. The van der Waals surface area contributed by atoms with E-state index in [0.717, 1.165) is 23.4 Å². The van der Waals surface area contributed by atoms with Gasteiger partial charge in [-0.2, -0.15) is 0 Å². The lowest BCUT2D eigenvalue weighted by Gasteiger charge is -2.14. The molecule has 0 aromatic heterocycles. The number of nitrogens with zero attached hydrogens (tertiary/aromatic N) is 1. The fourth-order valence-corrected chi connectivity index (χ4v) is 2.55. The zero-order chi connectivity index (χ0) is 20.2. The molecule has 2 aromatic rings. The number of methoxy groups -OCH3 is 3. The Morgan fingerprint density at radius 2 is 1.79 bits per heavy atom. The SMILES string of the molecule is CN=C(NCc1ccc(OC)c(OC)c1)Nc1cccc(OCCCOC)c1. The molecule has 0 bridgehead atoms. The van der Waals surface area contributed by atoms with Crippen molar-refractivity contribution in [3.05, 3.63) is 48.0 Å². The van der Waals surface area contributed by atoms with Gasteiger partial charge in [0.1, 0.15) is 5.75 Å². The predicted octanol–water partition coefficient (Wildman–Crippen LogP) is 3.31. The Hall–Kier alpha value is -2.93. The molecule has 0 amide bonds. The molecule has 2 rings (SSSR count). The number of aliphatic imine (C=N–C) groups is 1. The van der Waals surface area contributed by atoms with E-state index >= 15 is 0 Å². The summed E-state index contributed by atoms with van der Waals surface area (Å²) in [6.07, 6.45) is 0.850. The second-order valence-corrected chi connectivity index (χ2v) is 5.96. The molecule has 0 aliphatic heterocycles. The van der Waals surface area contributed by atoms with E-state index < -0.39 is 0 Å². The Morgan fingerprint density at radius 3 is 2.50 bits per heavy atom. The molecule has 28 heavy (non-hydrogen) atoms. The summed E-state index contributed by atoms with van der Waals surface area (Å²) in [6.45, 7) is 1.89. The lowest BCUT2D eigenvalue weighted by molar-refractivity contribution is 0.172. The van der Waals surface area contributed by atoms with Crippen molar-refractivity contribution in [2.75, 3.05) is 46.9 Å². The molecule has 7 heteroatoms. The van der Waals surface area contributed by atoms with Crippen molar-refractivity contribution >= 4 is 11.6 Å². The molecule has 0 saturated carbocycles. The topological polar surface area (TPSA) is 73.3 Å². The molecule has 2 aromatic carbocycles. The molecule has 0 atom stereocenters. The first-order chi connectivity index (χ1) is 13.7. The van der Waals surface area contributed by atoms with E-state index in [9.17, 15) is 0 Å². The van der Waals surface area contributed by atoms with E-state index in [-0.39, 0.29) is 0 Å². The number of guanidine groups is 1. The number of ether oxygens (including phenoxy) is 4. The summed E-state index contributed by atoms with van der Waals surface area (Å²) in [5.41, 5.74) is 1.94. The van der Waals surface area contributed by atoms with Gasteiger partial charge in [0.2, 0.25) is 0 Å². The number of rotatable bonds is 10. The minimum atomic E-state index is 0.591. The van der Waals surface area contributed by atoms with Gasteiger partial charge in [0, 0.05) is 45.5 Å². The van der Waals surface area contributed by atoms with Gasteiger partial charge in [-0.1, -0.05) is 12.1 Å². The highest BCUT2D eigenvalue weighted by Crippen LogP contribution is 2.27. The maximum absolute atomic E-state index is 5.73. The molecule has 0 radical (unpaired) electrons. The summed E-state index contributed by atoms with van der Waals surface area (Å²) in [4.78, 5) is 4.27. The van der Waals surface area contributed by atoms with Crippen LogP contribution in [-0.2, 0) is 11.3 Å². The maximum Gasteiger partial charge on any atom is 0.195 e. The first-order valence-corrected chi connectivity index (χ1v) is 9.10. The van der Waals surface area contributed by atoms with Crippen molar-refractivity contribution in [2.24, 2.45) is 4.99 Å². The van der Waals surface area contributed by atoms with E-state index in [4.69, 9.17) is 18.9 Å². The third kappa shape index (κ3) is 6.66. The summed E-state index contributed by atoms with van der Waals surface area (Å²) in [6, 6.07) is 13.6. The molecule has 0 aliphatic rings. The molecule has 7 nitrogen and oxygen atoms in total. The Labute approximate surface area is 166 Å². The highest BCUT2D eigenvalue weighted by molar-refractivity contribution is 5.93. The summed E-state index contributed by atoms with van der Waals surface area (Å²) in [7, 11) is 6.66. The van der Waals surface area contributed by atoms with Gasteiger partial charge in [-0.15, -0.1) is 0 Å². The molecule has 152 valence electrons. The molecule has 0 saturated heterocycles. The van der Waals surface area contributed by atoms with Crippen molar-refractivity contribution in [2.45, 2.75) is 13.0 Å². The quantitative estimate of drug-likeness (QED) is 0.370. The van der Waals surface area contributed by atoms with Crippen molar-refractivity contribution in [1.29, 1.82) is 0 Å². The largest absolute Gasteiger partial charge is 0.493 e. The van der Waals surface area contributed by atoms with Crippen molar-refractivity contribution in [1.82, 2.24) is 5.32 Å². The number of anilines is 1. The molecule has 0 aliphatic carbocycles. The second kappa shape index (κ2) is 11.7. The van der Waals surface area contributed by atoms with E-state index in [1.165, 1.54) is 0 Å². The van der Waals surface area contributed by atoms with Gasteiger partial charge in [-0.05, 0) is 29.8 Å². The van der Waals surface area contributed by atoms with Crippen molar-refractivity contribution in [3.63, 3.8) is 0 Å². The molecule has 2 N–H and O–H groups in total. The van der Waals surface area contributed by atoms with Gasteiger partial charge in [-0.3, -0.25) is 4.99 Å². The number of nitrogens with one attached hydrogen (secondary N) is 2. The van der Waals surface area contributed by atoms with Crippen LogP contribution in [-0.4, -0.2) is 47.6 Å². The van der Waals surface area contributed by atoms with E-state index in [1.54, 1.807) is 28.4 Å². The van der Waals surface area contributed by atoms with E-state index in [0.29, 0.717) is 37.2 Å². The maximum atomic E-state index is 5.73. The van der Waals surface area contributed by atoms with Crippen LogP contribution in [0.15, 0.2) is 47.5 Å². The van der Waals surface area contributed by atoms with E-state index in [1.807, 2.05) is 42.5 Å². The normalized spacial score (nSPS) is 11.1. The highest BCUT2D eigenvalue weighted by Gasteiger charge is 2.06. The number of hydrogen-bond acceptors (Lipinski definition) is 5. The van der Waals surface area contributed by atoms with Gasteiger partial charge >= 0.3 is 0 Å². The Balaban J connectivity index is 1.92. The zero-order valence-corrected chi connectivity index (χ0v) is 17.0. The second-order valence-electron chi connectivity index (χ2n) is 5.96. The summed E-state index contributed by atoms with van der Waals surface area (Å²) < 4.78 is 21.4. The molecule has 0 spiro atoms. The third-order valence-electron chi connectivity index (χ3n) is 3.99. The summed E-state index contributed by atoms with van der Waals surface area (Å²) >= 11 is 0. The minimum Gasteiger partial charge on any atom is -0.493 e. The Kier molecular flexibility index (Phi) is 8.94. The fraction of sp³-hybridized carbons (Fsp3) is 0.381. The van der Waals surface area contributed by atoms with Crippen LogP contribution in [0.2, 0.25) is 0 Å². The Morgan fingerprint density at radius 1 is 0.964 bits per heavy atom.